The van der Waals surface area contributed by atoms with Crippen molar-refractivity contribution in [1.82, 2.24) is 4.90 Å². The van der Waals surface area contributed by atoms with Crippen LogP contribution < -0.4 is 9.47 Å². The monoisotopic (exact) mass is 339 g/mol. The zero-order valence-corrected chi connectivity index (χ0v) is 14.6. The van der Waals surface area contributed by atoms with Crippen LogP contribution in [0.4, 0.5) is 0 Å². The van der Waals surface area contributed by atoms with E-state index in [1.165, 1.54) is 5.56 Å². The van der Waals surface area contributed by atoms with Crippen LogP contribution >= 0.6 is 0 Å². The molecule has 0 fully saturated rings. The lowest BCUT2D eigenvalue weighted by Crippen LogP contribution is -2.36. The second-order valence-electron chi connectivity index (χ2n) is 6.49. The van der Waals surface area contributed by atoms with Gasteiger partial charge in [0.25, 0.3) is 0 Å². The van der Waals surface area contributed by atoms with Gasteiger partial charge in [0.1, 0.15) is 6.10 Å². The highest BCUT2D eigenvalue weighted by Gasteiger charge is 2.41. The number of hydrogen-bond donors (Lipinski definition) is 0. The van der Waals surface area contributed by atoms with Crippen molar-refractivity contribution in [3.8, 4) is 11.5 Å². The highest BCUT2D eigenvalue weighted by molar-refractivity contribution is 5.94. The van der Waals surface area contributed by atoms with Crippen LogP contribution in [0.2, 0.25) is 0 Å². The Bertz CT molecular complexity index is 832. The van der Waals surface area contributed by atoms with Gasteiger partial charge in [0.05, 0.1) is 25.8 Å². The van der Waals surface area contributed by atoms with Crippen molar-refractivity contribution < 1.29 is 19.0 Å². The van der Waals surface area contributed by atoms with Crippen molar-refractivity contribution in [2.24, 2.45) is 0 Å². The minimum atomic E-state index is -0.314. The standard InChI is InChI=1S/C20H21NO4/c1-21-9-8-12-10-16(23-2)17(24-3)11-15(12)18(21)19-13-6-4-5-7-14(13)20(22)25-19/h4-7,10-11,18-19H,8-9H2,1-3H3/t18-,19+/m1/s1. The van der Waals surface area contributed by atoms with Gasteiger partial charge in [-0.05, 0) is 42.8 Å². The highest BCUT2D eigenvalue weighted by Crippen LogP contribution is 2.47. The molecule has 5 nitrogen and oxygen atoms in total. The predicted octanol–water partition coefficient (Wildman–Crippen LogP) is 3.14. The second-order valence-corrected chi connectivity index (χ2v) is 6.49. The van der Waals surface area contributed by atoms with Crippen molar-refractivity contribution in [2.75, 3.05) is 27.8 Å². The van der Waals surface area contributed by atoms with E-state index < -0.39 is 0 Å². The van der Waals surface area contributed by atoms with Gasteiger partial charge in [0, 0.05) is 12.1 Å². The number of hydrogen-bond acceptors (Lipinski definition) is 5. The summed E-state index contributed by atoms with van der Waals surface area (Å²) >= 11 is 0. The Hall–Kier alpha value is -2.53. The fraction of sp³-hybridized carbons (Fsp3) is 0.350. The molecular formula is C20H21NO4. The first-order valence-corrected chi connectivity index (χ1v) is 8.39. The number of fused-ring (bicyclic) bond motifs is 2. The smallest absolute Gasteiger partial charge is 0.339 e. The molecule has 0 spiro atoms. The van der Waals surface area contributed by atoms with Crippen LogP contribution in [0.1, 0.15) is 39.2 Å². The van der Waals surface area contributed by atoms with E-state index >= 15 is 0 Å². The van der Waals surface area contributed by atoms with Gasteiger partial charge >= 0.3 is 5.97 Å². The molecule has 2 aliphatic heterocycles. The molecule has 2 heterocycles. The number of methoxy groups -OCH3 is 2. The largest absolute Gasteiger partial charge is 0.493 e. The summed E-state index contributed by atoms with van der Waals surface area (Å²) in [7, 11) is 5.35. The third-order valence-corrected chi connectivity index (χ3v) is 5.18. The Morgan fingerprint density at radius 2 is 1.80 bits per heavy atom. The van der Waals surface area contributed by atoms with Crippen LogP contribution in [0.3, 0.4) is 0 Å². The first-order valence-electron chi connectivity index (χ1n) is 8.39. The van der Waals surface area contributed by atoms with Crippen molar-refractivity contribution in [1.29, 1.82) is 0 Å². The quantitative estimate of drug-likeness (QED) is 0.804. The molecule has 2 aromatic rings. The molecular weight excluding hydrogens is 318 g/mol. The molecule has 0 amide bonds. The van der Waals surface area contributed by atoms with Crippen LogP contribution in [0.25, 0.3) is 0 Å². The van der Waals surface area contributed by atoms with Gasteiger partial charge in [-0.15, -0.1) is 0 Å². The summed E-state index contributed by atoms with van der Waals surface area (Å²) in [6, 6.07) is 11.6. The first kappa shape index (κ1) is 16.0. The first-order chi connectivity index (χ1) is 12.1. The molecule has 2 atom stereocenters. The minimum absolute atomic E-state index is 0.0452. The van der Waals surface area contributed by atoms with E-state index in [2.05, 4.69) is 11.9 Å². The summed E-state index contributed by atoms with van der Waals surface area (Å²) in [6.45, 7) is 0.892. The van der Waals surface area contributed by atoms with Crippen LogP contribution in [-0.4, -0.2) is 38.7 Å². The van der Waals surface area contributed by atoms with E-state index in [-0.39, 0.29) is 18.1 Å². The number of benzene rings is 2. The summed E-state index contributed by atoms with van der Waals surface area (Å²) in [4.78, 5) is 14.5. The molecule has 0 saturated carbocycles. The molecule has 0 bridgehead atoms. The van der Waals surface area contributed by atoms with E-state index in [0.717, 1.165) is 29.8 Å². The normalized spacial score (nSPS) is 22.1. The summed E-state index contributed by atoms with van der Waals surface area (Å²) in [6.07, 6.45) is 0.608. The van der Waals surface area contributed by atoms with Gasteiger partial charge in [-0.3, -0.25) is 4.90 Å². The van der Waals surface area contributed by atoms with Crippen LogP contribution in [-0.2, 0) is 11.2 Å². The third kappa shape index (κ3) is 2.46. The Balaban J connectivity index is 1.83. The molecule has 130 valence electrons. The molecule has 2 aromatic carbocycles. The van der Waals surface area contributed by atoms with Gasteiger partial charge in [-0.1, -0.05) is 18.2 Å². The van der Waals surface area contributed by atoms with Crippen molar-refractivity contribution in [3.05, 3.63) is 58.7 Å². The van der Waals surface area contributed by atoms with Crippen molar-refractivity contribution >= 4 is 5.97 Å². The van der Waals surface area contributed by atoms with Gasteiger partial charge in [-0.2, -0.15) is 0 Å². The van der Waals surface area contributed by atoms with Gasteiger partial charge < -0.3 is 14.2 Å². The van der Waals surface area contributed by atoms with Gasteiger partial charge in [0.15, 0.2) is 11.5 Å². The number of nitrogens with zero attached hydrogens (tertiary/aromatic N) is 1. The maximum atomic E-state index is 12.3. The van der Waals surface area contributed by atoms with Crippen LogP contribution in [0.5, 0.6) is 11.5 Å². The molecule has 0 saturated heterocycles. The molecule has 0 radical (unpaired) electrons. The Labute approximate surface area is 147 Å². The van der Waals surface area contributed by atoms with E-state index in [1.54, 1.807) is 14.2 Å². The Morgan fingerprint density at radius 3 is 2.56 bits per heavy atom. The Kier molecular flexibility index (Phi) is 3.88. The number of carbonyl (C=O) groups excluding carboxylic acids is 1. The lowest BCUT2D eigenvalue weighted by molar-refractivity contribution is 0.00939. The number of esters is 1. The number of carbonyl (C=O) groups is 1. The molecule has 25 heavy (non-hydrogen) atoms. The summed E-state index contributed by atoms with van der Waals surface area (Å²) in [5.41, 5.74) is 3.95. The lowest BCUT2D eigenvalue weighted by Gasteiger charge is -2.38. The summed E-state index contributed by atoms with van der Waals surface area (Å²) in [5.74, 6) is 1.18. The topological polar surface area (TPSA) is 48.0 Å². The van der Waals surface area contributed by atoms with Gasteiger partial charge in [0.2, 0.25) is 0 Å². The van der Waals surface area contributed by atoms with Crippen molar-refractivity contribution in [3.63, 3.8) is 0 Å². The molecule has 2 aliphatic rings. The van der Waals surface area contributed by atoms with Gasteiger partial charge in [-0.25, -0.2) is 4.79 Å². The third-order valence-electron chi connectivity index (χ3n) is 5.18. The molecule has 0 unspecified atom stereocenters. The average molecular weight is 339 g/mol. The fourth-order valence-electron chi connectivity index (χ4n) is 3.90. The summed E-state index contributed by atoms with van der Waals surface area (Å²) < 4.78 is 16.7. The number of rotatable bonds is 3. The molecule has 4 rings (SSSR count). The number of likely N-dealkylation sites (N-methyl/N-ethyl adjacent to an activating group) is 1. The van der Waals surface area contributed by atoms with Crippen LogP contribution in [0.15, 0.2) is 36.4 Å². The minimum Gasteiger partial charge on any atom is -0.493 e. The summed E-state index contributed by atoms with van der Waals surface area (Å²) in [5, 5.41) is 0. The number of cyclic esters (lactones) is 1. The lowest BCUT2D eigenvalue weighted by atomic mass is 9.86. The number of ether oxygens (including phenoxy) is 3. The average Bonchev–Trinajstić information content (AvgIpc) is 2.97. The molecule has 0 N–H and O–H groups in total. The zero-order valence-electron chi connectivity index (χ0n) is 14.6. The van der Waals surface area contributed by atoms with Crippen LogP contribution in [0, 0.1) is 0 Å². The maximum Gasteiger partial charge on any atom is 0.339 e. The zero-order chi connectivity index (χ0) is 17.6. The van der Waals surface area contributed by atoms with E-state index in [0.29, 0.717) is 11.3 Å². The second kappa shape index (κ2) is 6.08. The van der Waals surface area contributed by atoms with E-state index in [4.69, 9.17) is 14.2 Å². The Morgan fingerprint density at radius 1 is 1.08 bits per heavy atom. The van der Waals surface area contributed by atoms with Crippen molar-refractivity contribution in [2.45, 2.75) is 18.6 Å². The fourth-order valence-corrected chi connectivity index (χ4v) is 3.90. The molecule has 0 aliphatic carbocycles. The predicted molar refractivity (Wildman–Crippen MR) is 93.2 cm³/mol. The molecule has 0 aromatic heterocycles. The maximum absolute atomic E-state index is 12.3. The van der Waals surface area contributed by atoms with E-state index in [1.807, 2.05) is 36.4 Å². The van der Waals surface area contributed by atoms with E-state index in [9.17, 15) is 4.79 Å². The SMILES string of the molecule is COc1cc2c(cc1OC)[C@H]([C@H]1OC(=O)c3ccccc31)N(C)CC2. The molecule has 5 heteroatoms. The highest BCUT2D eigenvalue weighted by atomic mass is 16.6.